The minimum Gasteiger partial charge on any atom is -0.496 e. The zero-order valence-corrected chi connectivity index (χ0v) is 27.9. The van der Waals surface area contributed by atoms with Crippen molar-refractivity contribution in [1.29, 1.82) is 5.26 Å². The van der Waals surface area contributed by atoms with E-state index in [1.54, 1.807) is 20.8 Å². The average molecular weight is 637 g/mol. The SMILES string of the molecule is COc1cc(C#N)c(O[C@H]2CC[C@@](C)(C=O)CC2)cc1C(=O)N[C@@H]1[C@@H]2CC2C(NC(=O)OC(C)(C)C)[C@@H]1C(=O)NCC1(C)CCC1. The van der Waals surface area contributed by atoms with Crippen molar-refractivity contribution in [2.24, 2.45) is 28.6 Å². The third kappa shape index (κ3) is 7.26. The first-order chi connectivity index (χ1) is 21.7. The van der Waals surface area contributed by atoms with E-state index in [9.17, 15) is 24.4 Å². The third-order valence-electron chi connectivity index (χ3n) is 10.4. The lowest BCUT2D eigenvalue weighted by Gasteiger charge is -2.39. The number of aldehydes is 1. The molecule has 11 nitrogen and oxygen atoms in total. The monoisotopic (exact) mass is 636 g/mol. The minimum absolute atomic E-state index is 0.00777. The van der Waals surface area contributed by atoms with Crippen molar-refractivity contribution in [3.8, 4) is 17.6 Å². The molecule has 0 aliphatic heterocycles. The smallest absolute Gasteiger partial charge is 0.407 e. The molecule has 0 saturated heterocycles. The van der Waals surface area contributed by atoms with Gasteiger partial charge in [-0.25, -0.2) is 4.79 Å². The van der Waals surface area contributed by atoms with E-state index in [0.29, 0.717) is 32.2 Å². The number of benzene rings is 1. The fourth-order valence-electron chi connectivity index (χ4n) is 7.34. The summed E-state index contributed by atoms with van der Waals surface area (Å²) in [7, 11) is 1.43. The second-order valence-electron chi connectivity index (χ2n) is 15.4. The van der Waals surface area contributed by atoms with Crippen LogP contribution in [0.2, 0.25) is 0 Å². The first-order valence-electron chi connectivity index (χ1n) is 16.5. The number of alkyl carbamates (subject to hydrolysis) is 1. The highest BCUT2D eigenvalue weighted by Crippen LogP contribution is 2.55. The summed E-state index contributed by atoms with van der Waals surface area (Å²) in [5.74, 6) is -0.838. The number of hydrogen-bond donors (Lipinski definition) is 3. The van der Waals surface area contributed by atoms with Gasteiger partial charge in [-0.3, -0.25) is 9.59 Å². The first-order valence-corrected chi connectivity index (χ1v) is 16.5. The molecule has 2 unspecified atom stereocenters. The van der Waals surface area contributed by atoms with E-state index in [2.05, 4.69) is 28.9 Å². The highest BCUT2D eigenvalue weighted by atomic mass is 16.6. The Balaban J connectivity index is 1.36. The Bertz CT molecular complexity index is 1400. The van der Waals surface area contributed by atoms with Crippen molar-refractivity contribution in [3.05, 3.63) is 23.3 Å². The van der Waals surface area contributed by atoms with Crippen LogP contribution in [0.3, 0.4) is 0 Å². The predicted molar refractivity (Wildman–Crippen MR) is 169 cm³/mol. The summed E-state index contributed by atoms with van der Waals surface area (Å²) < 4.78 is 17.3. The quantitative estimate of drug-likeness (QED) is 0.313. The second-order valence-corrected chi connectivity index (χ2v) is 15.4. The zero-order chi connectivity index (χ0) is 33.4. The first kappa shape index (κ1) is 33.6. The number of hydrogen-bond acceptors (Lipinski definition) is 8. The summed E-state index contributed by atoms with van der Waals surface area (Å²) in [6.07, 6.45) is 6.86. The predicted octanol–water partition coefficient (Wildman–Crippen LogP) is 4.66. The fourth-order valence-corrected chi connectivity index (χ4v) is 7.34. The van der Waals surface area contributed by atoms with Crippen LogP contribution in [0.5, 0.6) is 11.5 Å². The van der Waals surface area contributed by atoms with Crippen LogP contribution in [0, 0.1) is 39.9 Å². The van der Waals surface area contributed by atoms with Crippen molar-refractivity contribution < 1.29 is 33.4 Å². The Morgan fingerprint density at radius 3 is 2.22 bits per heavy atom. The number of nitriles is 1. The lowest BCUT2D eigenvalue weighted by atomic mass is 9.70. The van der Waals surface area contributed by atoms with Crippen LogP contribution < -0.4 is 25.4 Å². The van der Waals surface area contributed by atoms with Crippen LogP contribution in [0.1, 0.15) is 102 Å². The number of carbonyl (C=O) groups is 4. The summed E-state index contributed by atoms with van der Waals surface area (Å²) >= 11 is 0. The van der Waals surface area contributed by atoms with Crippen molar-refractivity contribution in [1.82, 2.24) is 16.0 Å². The number of nitrogens with zero attached hydrogens (tertiary/aromatic N) is 1. The molecule has 1 aromatic rings. The third-order valence-corrected chi connectivity index (χ3v) is 10.4. The second kappa shape index (κ2) is 12.8. The molecule has 11 heteroatoms. The summed E-state index contributed by atoms with van der Waals surface area (Å²) in [6, 6.07) is 4.14. The number of ether oxygens (including phenoxy) is 3. The van der Waals surface area contributed by atoms with Gasteiger partial charge in [0.1, 0.15) is 29.5 Å². The van der Waals surface area contributed by atoms with Gasteiger partial charge in [-0.2, -0.15) is 5.26 Å². The highest BCUT2D eigenvalue weighted by Gasteiger charge is 2.63. The molecule has 4 fully saturated rings. The van der Waals surface area contributed by atoms with Crippen molar-refractivity contribution in [2.45, 2.75) is 110 Å². The molecule has 1 aromatic carbocycles. The number of methoxy groups -OCH3 is 1. The van der Waals surface area contributed by atoms with Crippen molar-refractivity contribution in [3.63, 3.8) is 0 Å². The molecule has 0 heterocycles. The van der Waals surface area contributed by atoms with E-state index in [1.165, 1.54) is 19.2 Å². The average Bonchev–Trinajstić information content (AvgIpc) is 3.73. The molecule has 3 N–H and O–H groups in total. The number of nitrogens with one attached hydrogen (secondary N) is 3. The maximum Gasteiger partial charge on any atom is 0.407 e. The normalized spacial score (nSPS) is 30.8. The molecule has 4 aliphatic carbocycles. The molecule has 4 saturated carbocycles. The Labute approximate surface area is 271 Å². The van der Waals surface area contributed by atoms with Crippen LogP contribution in [-0.2, 0) is 14.3 Å². The standard InChI is InChI=1S/C35H48N4O7/c1-33(2,3)46-32(43)39-29-23-15-22(23)28(27(29)31(42)37-18-34(4)10-7-11-34)38-30(41)24-16-25(20(17-36)14-26(24)44-6)45-21-8-12-35(5,19-40)13-9-21/h14,16,19,21-23,27-29H,7-13,15,18H2,1-6H3,(H,37,42)(H,38,41)(H,39,43)/t21-,22-,23?,27-,28-,29?,35+/m1/s1. The van der Waals surface area contributed by atoms with Crippen LogP contribution in [0.15, 0.2) is 12.1 Å². The van der Waals surface area contributed by atoms with E-state index in [0.717, 1.165) is 32.0 Å². The number of carbonyl (C=O) groups excluding carboxylic acids is 4. The van der Waals surface area contributed by atoms with Crippen molar-refractivity contribution >= 4 is 24.2 Å². The number of amides is 3. The maximum atomic E-state index is 14.0. The molecule has 250 valence electrons. The summed E-state index contributed by atoms with van der Waals surface area (Å²) in [5, 5.41) is 19.0. The van der Waals surface area contributed by atoms with Gasteiger partial charge in [-0.1, -0.05) is 20.3 Å². The summed E-state index contributed by atoms with van der Waals surface area (Å²) in [6.45, 7) is 9.99. The summed E-state index contributed by atoms with van der Waals surface area (Å²) in [4.78, 5) is 52.1. The van der Waals surface area contributed by atoms with Gasteiger partial charge in [0.2, 0.25) is 5.91 Å². The summed E-state index contributed by atoms with van der Waals surface area (Å²) in [5.41, 5.74) is -0.594. The Hall–Kier alpha value is -3.81. The highest BCUT2D eigenvalue weighted by molar-refractivity contribution is 5.98. The zero-order valence-electron chi connectivity index (χ0n) is 27.9. The number of fused-ring (bicyclic) bond motifs is 1. The molecule has 5 atom stereocenters. The molecular formula is C35H48N4O7. The van der Waals surface area contributed by atoms with Crippen LogP contribution in [0.25, 0.3) is 0 Å². The molecule has 46 heavy (non-hydrogen) atoms. The largest absolute Gasteiger partial charge is 0.496 e. The fraction of sp³-hybridized carbons (Fsp3) is 0.686. The van der Waals surface area contributed by atoms with Crippen LogP contribution in [-0.4, -0.2) is 61.6 Å². The molecule has 4 aliphatic rings. The van der Waals surface area contributed by atoms with Gasteiger partial charge in [0.15, 0.2) is 0 Å². The molecule has 0 radical (unpaired) electrons. The van der Waals surface area contributed by atoms with Crippen LogP contribution >= 0.6 is 0 Å². The molecule has 3 amide bonds. The van der Waals surface area contributed by atoms with Gasteiger partial charge in [-0.05, 0) is 89.0 Å². The minimum atomic E-state index is -0.701. The van der Waals surface area contributed by atoms with Gasteiger partial charge in [0.25, 0.3) is 5.91 Å². The Morgan fingerprint density at radius 2 is 1.67 bits per heavy atom. The topological polar surface area (TPSA) is 156 Å². The Kier molecular flexibility index (Phi) is 9.31. The molecule has 5 rings (SSSR count). The van der Waals surface area contributed by atoms with E-state index < -0.39 is 35.6 Å². The molecular weight excluding hydrogens is 588 g/mol. The van der Waals surface area contributed by atoms with E-state index in [1.807, 2.05) is 6.92 Å². The van der Waals surface area contributed by atoms with Gasteiger partial charge in [0.05, 0.1) is 30.3 Å². The van der Waals surface area contributed by atoms with E-state index in [-0.39, 0.29) is 57.3 Å². The molecule has 0 bridgehead atoms. The van der Waals surface area contributed by atoms with E-state index in [4.69, 9.17) is 14.2 Å². The Morgan fingerprint density at radius 1 is 1.02 bits per heavy atom. The van der Waals surface area contributed by atoms with Gasteiger partial charge >= 0.3 is 6.09 Å². The lowest BCUT2D eigenvalue weighted by Crippen LogP contribution is -2.55. The van der Waals surface area contributed by atoms with Crippen molar-refractivity contribution in [2.75, 3.05) is 13.7 Å². The molecule has 0 aromatic heterocycles. The lowest BCUT2D eigenvalue weighted by molar-refractivity contribution is -0.127. The molecule has 0 spiro atoms. The van der Waals surface area contributed by atoms with Gasteiger partial charge in [-0.15, -0.1) is 0 Å². The number of rotatable bonds is 10. The van der Waals surface area contributed by atoms with Gasteiger partial charge < -0.3 is 35.0 Å². The maximum absolute atomic E-state index is 14.0. The van der Waals surface area contributed by atoms with Crippen LogP contribution in [0.4, 0.5) is 4.79 Å². The van der Waals surface area contributed by atoms with E-state index >= 15 is 0 Å². The van der Waals surface area contributed by atoms with Gasteiger partial charge in [0, 0.05) is 30.1 Å².